The number of carbonyl (C=O) groups is 1. The maximum Gasteiger partial charge on any atom is 0.223 e. The molecule has 1 aromatic carbocycles. The summed E-state index contributed by atoms with van der Waals surface area (Å²) in [6.07, 6.45) is 9.98. The van der Waals surface area contributed by atoms with Gasteiger partial charge in [-0.15, -0.1) is 11.8 Å². The lowest BCUT2D eigenvalue weighted by Crippen LogP contribution is -2.42. The van der Waals surface area contributed by atoms with Gasteiger partial charge in [0.15, 0.2) is 0 Å². The molecule has 124 valence electrons. The van der Waals surface area contributed by atoms with E-state index in [1.165, 1.54) is 10.5 Å². The number of benzene rings is 1. The fraction of sp³-hybridized carbons (Fsp3) is 0.421. The number of aryl methyl sites for hydroxylation is 1. The van der Waals surface area contributed by atoms with Crippen LogP contribution >= 0.6 is 11.8 Å². The highest BCUT2D eigenvalue weighted by atomic mass is 32.2. The van der Waals surface area contributed by atoms with E-state index in [2.05, 4.69) is 45.4 Å². The van der Waals surface area contributed by atoms with Gasteiger partial charge in [-0.2, -0.15) is 0 Å². The van der Waals surface area contributed by atoms with E-state index >= 15 is 0 Å². The second-order valence-electron chi connectivity index (χ2n) is 6.52. The van der Waals surface area contributed by atoms with Crippen LogP contribution in [0.25, 0.3) is 0 Å². The van der Waals surface area contributed by atoms with E-state index in [0.717, 1.165) is 36.9 Å². The van der Waals surface area contributed by atoms with Crippen LogP contribution in [0.4, 0.5) is 0 Å². The van der Waals surface area contributed by atoms with Gasteiger partial charge in [0.25, 0.3) is 0 Å². The quantitative estimate of drug-likeness (QED) is 0.801. The molecule has 5 heteroatoms. The lowest BCUT2D eigenvalue weighted by Gasteiger charge is -2.35. The minimum absolute atomic E-state index is 0.186. The Bertz CT molecular complexity index is 747. The van der Waals surface area contributed by atoms with E-state index in [9.17, 15) is 4.79 Å². The predicted molar refractivity (Wildman–Crippen MR) is 94.9 cm³/mol. The summed E-state index contributed by atoms with van der Waals surface area (Å²) >= 11 is 1.74. The molecule has 0 aliphatic carbocycles. The van der Waals surface area contributed by atoms with Gasteiger partial charge in [0, 0.05) is 35.5 Å². The lowest BCUT2D eigenvalue weighted by molar-refractivity contribution is -0.134. The van der Waals surface area contributed by atoms with Crippen LogP contribution < -0.4 is 0 Å². The Morgan fingerprint density at radius 3 is 2.92 bits per heavy atom. The highest BCUT2D eigenvalue weighted by Gasteiger charge is 2.42. The average molecular weight is 339 g/mol. The molecule has 2 unspecified atom stereocenters. The molecule has 2 atom stereocenters. The van der Waals surface area contributed by atoms with Gasteiger partial charge in [-0.3, -0.25) is 4.79 Å². The fourth-order valence-electron chi connectivity index (χ4n) is 3.98. The highest BCUT2D eigenvalue weighted by molar-refractivity contribution is 7.98. The van der Waals surface area contributed by atoms with Crippen molar-refractivity contribution in [3.8, 4) is 0 Å². The summed E-state index contributed by atoms with van der Waals surface area (Å²) in [5.74, 6) is 0.269. The number of nitrogens with zero attached hydrogens (tertiary/aromatic N) is 3. The number of rotatable bonds is 4. The Hall–Kier alpha value is -1.88. The summed E-state index contributed by atoms with van der Waals surface area (Å²) < 4.78 is 0. The fourth-order valence-corrected chi connectivity index (χ4v) is 4.38. The van der Waals surface area contributed by atoms with Gasteiger partial charge in [-0.05, 0) is 43.2 Å². The summed E-state index contributed by atoms with van der Waals surface area (Å²) in [6, 6.07) is 9.03. The van der Waals surface area contributed by atoms with Gasteiger partial charge in [0.1, 0.15) is 6.33 Å². The molecule has 0 saturated carbocycles. The predicted octanol–water partition coefficient (Wildman–Crippen LogP) is 3.42. The molecule has 2 bridgehead atoms. The Morgan fingerprint density at radius 1 is 1.29 bits per heavy atom. The third kappa shape index (κ3) is 2.81. The summed E-state index contributed by atoms with van der Waals surface area (Å²) in [5.41, 5.74) is 3.52. The Morgan fingerprint density at radius 2 is 2.12 bits per heavy atom. The van der Waals surface area contributed by atoms with Crippen molar-refractivity contribution in [3.05, 3.63) is 53.6 Å². The second-order valence-corrected chi connectivity index (χ2v) is 7.40. The van der Waals surface area contributed by atoms with Gasteiger partial charge in [-0.25, -0.2) is 9.97 Å². The van der Waals surface area contributed by atoms with Crippen LogP contribution in [-0.2, 0) is 17.6 Å². The molecule has 1 aromatic heterocycles. The van der Waals surface area contributed by atoms with Crippen molar-refractivity contribution in [1.29, 1.82) is 0 Å². The first-order chi connectivity index (χ1) is 11.8. The number of thioether (sulfide) groups is 1. The molecular weight excluding hydrogens is 318 g/mol. The molecule has 0 spiro atoms. The van der Waals surface area contributed by atoms with Crippen molar-refractivity contribution < 1.29 is 4.79 Å². The molecule has 2 aromatic rings. The molecule has 3 heterocycles. The second kappa shape index (κ2) is 6.55. The molecule has 24 heavy (non-hydrogen) atoms. The number of carbonyl (C=O) groups excluding carboxylic acids is 1. The Balaban J connectivity index is 1.45. The topological polar surface area (TPSA) is 46.1 Å². The van der Waals surface area contributed by atoms with Gasteiger partial charge < -0.3 is 4.90 Å². The molecule has 1 fully saturated rings. The minimum Gasteiger partial charge on any atom is -0.332 e. The maximum atomic E-state index is 12.8. The zero-order valence-corrected chi connectivity index (χ0v) is 14.6. The normalized spacial score (nSPS) is 21.6. The van der Waals surface area contributed by atoms with Crippen LogP contribution in [-0.4, -0.2) is 33.1 Å². The number of aromatic nitrogens is 2. The van der Waals surface area contributed by atoms with E-state index in [0.29, 0.717) is 12.5 Å². The maximum absolute atomic E-state index is 12.8. The minimum atomic E-state index is 0.186. The lowest BCUT2D eigenvalue weighted by atomic mass is 9.98. The average Bonchev–Trinajstić information content (AvgIpc) is 2.95. The largest absolute Gasteiger partial charge is 0.332 e. The third-order valence-electron chi connectivity index (χ3n) is 5.19. The van der Waals surface area contributed by atoms with E-state index in [4.69, 9.17) is 0 Å². The van der Waals surface area contributed by atoms with Gasteiger partial charge in [0.2, 0.25) is 5.91 Å². The Labute approximate surface area is 146 Å². The van der Waals surface area contributed by atoms with Gasteiger partial charge in [0.05, 0.1) is 11.7 Å². The van der Waals surface area contributed by atoms with E-state index < -0.39 is 0 Å². The van der Waals surface area contributed by atoms with Gasteiger partial charge >= 0.3 is 0 Å². The SMILES string of the molecule is CSc1ccc(CCC(=O)N2C3CCC2c2cncnc2C3)cc1. The Kier molecular flexibility index (Phi) is 4.27. The van der Waals surface area contributed by atoms with Crippen molar-refractivity contribution in [1.82, 2.24) is 14.9 Å². The van der Waals surface area contributed by atoms with Crippen molar-refractivity contribution in [2.45, 2.75) is 49.1 Å². The van der Waals surface area contributed by atoms with Crippen LogP contribution in [0.15, 0.2) is 41.7 Å². The standard InChI is InChI=1S/C19H21N3OS/c1-24-15-6-2-13(3-7-15)4-9-19(23)22-14-5-8-18(22)16-11-20-12-21-17(16)10-14/h2-3,6-7,11-12,14,18H,4-5,8-10H2,1H3. The number of hydrogen-bond acceptors (Lipinski definition) is 4. The van der Waals surface area contributed by atoms with Crippen molar-refractivity contribution >= 4 is 17.7 Å². The molecule has 4 nitrogen and oxygen atoms in total. The van der Waals surface area contributed by atoms with Crippen LogP contribution in [0, 0.1) is 0 Å². The van der Waals surface area contributed by atoms with E-state index in [1.54, 1.807) is 18.1 Å². The van der Waals surface area contributed by atoms with Crippen LogP contribution in [0.3, 0.4) is 0 Å². The number of fused-ring (bicyclic) bond motifs is 4. The van der Waals surface area contributed by atoms with E-state index in [-0.39, 0.29) is 11.9 Å². The molecular formula is C19H21N3OS. The summed E-state index contributed by atoms with van der Waals surface area (Å²) in [6.45, 7) is 0. The van der Waals surface area contributed by atoms with Crippen molar-refractivity contribution in [3.63, 3.8) is 0 Å². The zero-order valence-electron chi connectivity index (χ0n) is 13.8. The van der Waals surface area contributed by atoms with Crippen LogP contribution in [0.1, 0.15) is 42.1 Å². The van der Waals surface area contributed by atoms with Crippen molar-refractivity contribution in [2.24, 2.45) is 0 Å². The van der Waals surface area contributed by atoms with Crippen molar-refractivity contribution in [2.75, 3.05) is 6.26 Å². The van der Waals surface area contributed by atoms with Crippen LogP contribution in [0.5, 0.6) is 0 Å². The molecule has 2 aliphatic heterocycles. The highest BCUT2D eigenvalue weighted by Crippen LogP contribution is 2.43. The monoisotopic (exact) mass is 339 g/mol. The zero-order chi connectivity index (χ0) is 16.5. The summed E-state index contributed by atoms with van der Waals surface area (Å²) in [4.78, 5) is 24.8. The molecule has 1 saturated heterocycles. The first-order valence-electron chi connectivity index (χ1n) is 8.49. The first kappa shape index (κ1) is 15.6. The van der Waals surface area contributed by atoms with Gasteiger partial charge in [-0.1, -0.05) is 12.1 Å². The summed E-state index contributed by atoms with van der Waals surface area (Å²) in [7, 11) is 0. The third-order valence-corrected chi connectivity index (χ3v) is 5.94. The molecule has 0 N–H and O–H groups in total. The smallest absolute Gasteiger partial charge is 0.223 e. The van der Waals surface area contributed by atoms with Crippen LogP contribution in [0.2, 0.25) is 0 Å². The number of hydrogen-bond donors (Lipinski definition) is 0. The van der Waals surface area contributed by atoms with E-state index in [1.807, 2.05) is 6.20 Å². The number of amides is 1. The molecule has 0 radical (unpaired) electrons. The molecule has 2 aliphatic rings. The summed E-state index contributed by atoms with van der Waals surface area (Å²) in [5, 5.41) is 0. The molecule has 4 rings (SSSR count). The molecule has 1 amide bonds. The first-order valence-corrected chi connectivity index (χ1v) is 9.71.